The van der Waals surface area contributed by atoms with E-state index >= 15 is 0 Å². The van der Waals surface area contributed by atoms with Crippen molar-refractivity contribution in [2.75, 3.05) is 29.7 Å². The van der Waals surface area contributed by atoms with Gasteiger partial charge in [-0.25, -0.2) is 4.98 Å². The highest BCUT2D eigenvalue weighted by molar-refractivity contribution is 7.98. The average Bonchev–Trinajstić information content (AvgIpc) is 2.34. The summed E-state index contributed by atoms with van der Waals surface area (Å²) in [4.78, 5) is 16.4. The molecule has 2 N–H and O–H groups in total. The molecule has 1 aromatic heterocycles. The summed E-state index contributed by atoms with van der Waals surface area (Å²) in [6.45, 7) is 2.06. The predicted molar refractivity (Wildman–Crippen MR) is 76.2 cm³/mol. The number of aromatic nitrogens is 1. The molecule has 0 aliphatic rings. The molecule has 0 aromatic carbocycles. The molecule has 0 aliphatic heterocycles. The van der Waals surface area contributed by atoms with Gasteiger partial charge in [0.05, 0.1) is 17.1 Å². The zero-order chi connectivity index (χ0) is 13.7. The van der Waals surface area contributed by atoms with Crippen molar-refractivity contribution in [1.82, 2.24) is 4.98 Å². The first kappa shape index (κ1) is 14.6. The van der Waals surface area contributed by atoms with Gasteiger partial charge in [-0.1, -0.05) is 0 Å². The molecule has 0 fully saturated rings. The van der Waals surface area contributed by atoms with E-state index in [-0.39, 0.29) is 17.5 Å². The van der Waals surface area contributed by atoms with E-state index < -0.39 is 4.92 Å². The molecular formula is C11H18N4O2S. The molecule has 1 heterocycles. The van der Waals surface area contributed by atoms with E-state index in [0.717, 1.165) is 12.2 Å². The fourth-order valence-corrected chi connectivity index (χ4v) is 2.09. The first-order valence-electron chi connectivity index (χ1n) is 5.59. The minimum absolute atomic E-state index is 0.0265. The fraction of sp³-hybridized carbons (Fsp3) is 0.545. The third-order valence-electron chi connectivity index (χ3n) is 2.79. The monoisotopic (exact) mass is 270 g/mol. The molecule has 1 unspecified atom stereocenters. The predicted octanol–water partition coefficient (Wildman–Crippen LogP) is 2.15. The van der Waals surface area contributed by atoms with Crippen molar-refractivity contribution < 1.29 is 4.92 Å². The molecule has 0 spiro atoms. The lowest BCUT2D eigenvalue weighted by molar-refractivity contribution is -0.384. The topological polar surface area (TPSA) is 85.3 Å². The number of thioether (sulfide) groups is 1. The van der Waals surface area contributed by atoms with Gasteiger partial charge in [-0.05, 0) is 25.4 Å². The van der Waals surface area contributed by atoms with E-state index in [0.29, 0.717) is 5.82 Å². The SMILES string of the molecule is CSCCC(C)N(C)c1cc([N+](=O)[O-])cc(N)n1. The van der Waals surface area contributed by atoms with Gasteiger partial charge in [-0.2, -0.15) is 11.8 Å². The van der Waals surface area contributed by atoms with E-state index in [1.165, 1.54) is 12.1 Å². The largest absolute Gasteiger partial charge is 0.383 e. The Morgan fingerprint density at radius 2 is 2.28 bits per heavy atom. The molecule has 18 heavy (non-hydrogen) atoms. The van der Waals surface area contributed by atoms with Crippen molar-refractivity contribution in [2.24, 2.45) is 0 Å². The van der Waals surface area contributed by atoms with Gasteiger partial charge in [0.25, 0.3) is 5.69 Å². The Kier molecular flexibility index (Phi) is 5.21. The van der Waals surface area contributed by atoms with Crippen LogP contribution in [0.1, 0.15) is 13.3 Å². The average molecular weight is 270 g/mol. The highest BCUT2D eigenvalue weighted by Crippen LogP contribution is 2.23. The van der Waals surface area contributed by atoms with Gasteiger partial charge in [0.15, 0.2) is 0 Å². The summed E-state index contributed by atoms with van der Waals surface area (Å²) in [6.07, 6.45) is 3.04. The number of hydrogen-bond donors (Lipinski definition) is 1. The Bertz CT molecular complexity index is 428. The van der Waals surface area contributed by atoms with Crippen molar-refractivity contribution in [1.29, 1.82) is 0 Å². The van der Waals surface area contributed by atoms with Gasteiger partial charge in [0.1, 0.15) is 11.6 Å². The van der Waals surface area contributed by atoms with Crippen LogP contribution >= 0.6 is 11.8 Å². The quantitative estimate of drug-likeness (QED) is 0.629. The van der Waals surface area contributed by atoms with Crippen LogP contribution in [0.15, 0.2) is 12.1 Å². The van der Waals surface area contributed by atoms with Crippen LogP contribution in [-0.2, 0) is 0 Å². The summed E-state index contributed by atoms with van der Waals surface area (Å²) in [5.41, 5.74) is 5.56. The molecule has 6 nitrogen and oxygen atoms in total. The van der Waals surface area contributed by atoms with Gasteiger partial charge >= 0.3 is 0 Å². The summed E-state index contributed by atoms with van der Waals surface area (Å²) in [5.74, 6) is 1.74. The normalized spacial score (nSPS) is 12.2. The number of nitrogen functional groups attached to an aromatic ring is 1. The maximum Gasteiger partial charge on any atom is 0.276 e. The van der Waals surface area contributed by atoms with Crippen LogP contribution in [0.25, 0.3) is 0 Å². The molecule has 1 atom stereocenters. The Morgan fingerprint density at radius 3 is 2.83 bits per heavy atom. The minimum Gasteiger partial charge on any atom is -0.383 e. The van der Waals surface area contributed by atoms with Crippen LogP contribution in [0.2, 0.25) is 0 Å². The lowest BCUT2D eigenvalue weighted by atomic mass is 10.2. The van der Waals surface area contributed by atoms with Crippen LogP contribution in [-0.4, -0.2) is 35.0 Å². The van der Waals surface area contributed by atoms with Crippen LogP contribution in [0.5, 0.6) is 0 Å². The van der Waals surface area contributed by atoms with Crippen molar-refractivity contribution in [3.05, 3.63) is 22.2 Å². The van der Waals surface area contributed by atoms with Crippen molar-refractivity contribution in [2.45, 2.75) is 19.4 Å². The maximum atomic E-state index is 10.8. The van der Waals surface area contributed by atoms with E-state index in [1.807, 2.05) is 11.9 Å². The number of rotatable bonds is 6. The zero-order valence-electron chi connectivity index (χ0n) is 10.8. The third-order valence-corrected chi connectivity index (χ3v) is 3.43. The molecule has 0 saturated carbocycles. The number of pyridine rings is 1. The fourth-order valence-electron chi connectivity index (χ4n) is 1.52. The first-order valence-corrected chi connectivity index (χ1v) is 6.98. The van der Waals surface area contributed by atoms with Gasteiger partial charge in [0.2, 0.25) is 0 Å². The second-order valence-electron chi connectivity index (χ2n) is 4.11. The number of hydrogen-bond acceptors (Lipinski definition) is 6. The smallest absolute Gasteiger partial charge is 0.276 e. The Balaban J connectivity index is 2.91. The molecule has 0 saturated heterocycles. The van der Waals surface area contributed by atoms with Gasteiger partial charge in [-0.3, -0.25) is 10.1 Å². The lowest BCUT2D eigenvalue weighted by Crippen LogP contribution is -2.30. The molecule has 0 amide bonds. The summed E-state index contributed by atoms with van der Waals surface area (Å²) in [7, 11) is 1.87. The van der Waals surface area contributed by atoms with E-state index in [2.05, 4.69) is 18.2 Å². The molecular weight excluding hydrogens is 252 g/mol. The summed E-state index contributed by atoms with van der Waals surface area (Å²) in [5, 5.41) is 10.8. The van der Waals surface area contributed by atoms with E-state index in [4.69, 9.17) is 5.73 Å². The highest BCUT2D eigenvalue weighted by atomic mass is 32.2. The molecule has 1 aromatic rings. The summed E-state index contributed by atoms with van der Waals surface area (Å²) >= 11 is 1.77. The number of nitro groups is 1. The number of anilines is 2. The number of nitrogens with zero attached hydrogens (tertiary/aromatic N) is 3. The lowest BCUT2D eigenvalue weighted by Gasteiger charge is -2.25. The Morgan fingerprint density at radius 1 is 1.61 bits per heavy atom. The van der Waals surface area contributed by atoms with E-state index in [1.54, 1.807) is 11.8 Å². The number of nitrogens with two attached hydrogens (primary N) is 1. The van der Waals surface area contributed by atoms with Crippen LogP contribution < -0.4 is 10.6 Å². The first-order chi connectivity index (χ1) is 8.45. The van der Waals surface area contributed by atoms with Crippen molar-refractivity contribution in [3.63, 3.8) is 0 Å². The van der Waals surface area contributed by atoms with Crippen molar-refractivity contribution >= 4 is 29.1 Å². The van der Waals surface area contributed by atoms with Gasteiger partial charge in [0, 0.05) is 13.1 Å². The zero-order valence-corrected chi connectivity index (χ0v) is 11.6. The van der Waals surface area contributed by atoms with Crippen molar-refractivity contribution in [3.8, 4) is 0 Å². The van der Waals surface area contributed by atoms with Gasteiger partial charge < -0.3 is 10.6 Å². The molecule has 100 valence electrons. The molecule has 7 heteroatoms. The second-order valence-corrected chi connectivity index (χ2v) is 5.09. The molecule has 0 bridgehead atoms. The summed E-state index contributed by atoms with van der Waals surface area (Å²) in [6, 6.07) is 2.97. The minimum atomic E-state index is -0.456. The molecule has 0 radical (unpaired) electrons. The standard InChI is InChI=1S/C11H18N4O2S/c1-8(4-5-18-3)14(2)11-7-9(15(16)17)6-10(12)13-11/h6-8H,4-5H2,1-3H3,(H2,12,13). The molecule has 0 aliphatic carbocycles. The van der Waals surface area contributed by atoms with Crippen LogP contribution in [0.4, 0.5) is 17.3 Å². The van der Waals surface area contributed by atoms with E-state index in [9.17, 15) is 10.1 Å². The summed E-state index contributed by atoms with van der Waals surface area (Å²) < 4.78 is 0. The second kappa shape index (κ2) is 6.44. The van der Waals surface area contributed by atoms with Crippen LogP contribution in [0, 0.1) is 10.1 Å². The third kappa shape index (κ3) is 3.76. The maximum absolute atomic E-state index is 10.8. The Hall–Kier alpha value is -1.50. The van der Waals surface area contributed by atoms with Gasteiger partial charge in [-0.15, -0.1) is 0 Å². The Labute approximate surface area is 111 Å². The van der Waals surface area contributed by atoms with Crippen LogP contribution in [0.3, 0.4) is 0 Å². The highest BCUT2D eigenvalue weighted by Gasteiger charge is 2.16. The molecule has 1 rings (SSSR count).